The van der Waals surface area contributed by atoms with Crippen molar-refractivity contribution < 1.29 is 19.1 Å². The fourth-order valence-corrected chi connectivity index (χ4v) is 6.47. The summed E-state index contributed by atoms with van der Waals surface area (Å²) in [5.74, 6) is 0.0958. The average molecular weight is 481 g/mol. The molecule has 2 aromatic heterocycles. The molecule has 0 aromatic carbocycles. The van der Waals surface area contributed by atoms with Crippen molar-refractivity contribution in [1.29, 1.82) is 0 Å². The number of pyridine rings is 1. The zero-order valence-corrected chi connectivity index (χ0v) is 19.9. The number of carbonyl (C=O) groups is 2. The Hall–Kier alpha value is -2.82. The van der Waals surface area contributed by atoms with Crippen molar-refractivity contribution >= 4 is 11.8 Å². The fourth-order valence-electron chi connectivity index (χ4n) is 6.47. The molecule has 1 saturated carbocycles. The summed E-state index contributed by atoms with van der Waals surface area (Å²) in [7, 11) is 2.10. The van der Waals surface area contributed by atoms with Crippen LogP contribution in [0.15, 0.2) is 37.1 Å². The summed E-state index contributed by atoms with van der Waals surface area (Å²) in [6.07, 6.45) is 8.88. The summed E-state index contributed by atoms with van der Waals surface area (Å²) < 4.78 is 11.9. The standard InChI is InChI=1S/C25H32N6O4/c1-30-7-4-17(5-8-30)29-23(32)22(15-3-2-6-26-10-15)31(24(33)20-11-27-14-28-20)21-16-9-18-19(21)13-35-25(18)34-12-16/h2-3,6,10-11,14,16-19,21-22,25H,4-5,7-9,12-13H2,1H3,(H,27,28)(H,29,32)/t16?,18?,19?,21?,22?,25-/m0/s1. The lowest BCUT2D eigenvalue weighted by atomic mass is 9.91. The van der Waals surface area contributed by atoms with Crippen LogP contribution in [-0.4, -0.2) is 88.3 Å². The van der Waals surface area contributed by atoms with Crippen LogP contribution >= 0.6 is 0 Å². The number of imidazole rings is 1. The third-order valence-electron chi connectivity index (χ3n) is 8.20. The highest BCUT2D eigenvalue weighted by Gasteiger charge is 2.58. The molecule has 35 heavy (non-hydrogen) atoms. The normalized spacial score (nSPS) is 31.3. The molecule has 4 fully saturated rings. The van der Waals surface area contributed by atoms with Crippen LogP contribution in [-0.2, 0) is 14.3 Å². The highest BCUT2D eigenvalue weighted by Crippen LogP contribution is 2.51. The van der Waals surface area contributed by atoms with Gasteiger partial charge in [-0.2, -0.15) is 0 Å². The Labute approximate surface area is 204 Å². The first-order chi connectivity index (χ1) is 17.1. The molecule has 2 aromatic rings. The molecule has 1 aliphatic carbocycles. The first-order valence-corrected chi connectivity index (χ1v) is 12.5. The largest absolute Gasteiger partial charge is 0.352 e. The van der Waals surface area contributed by atoms with E-state index < -0.39 is 6.04 Å². The highest BCUT2D eigenvalue weighted by molar-refractivity contribution is 5.96. The third kappa shape index (κ3) is 4.13. The van der Waals surface area contributed by atoms with E-state index in [1.54, 1.807) is 17.3 Å². The Morgan fingerprint density at radius 3 is 2.74 bits per heavy atom. The van der Waals surface area contributed by atoms with E-state index in [-0.39, 0.29) is 47.9 Å². The van der Waals surface area contributed by atoms with Gasteiger partial charge in [0.05, 0.1) is 25.7 Å². The van der Waals surface area contributed by atoms with Crippen LogP contribution in [0.5, 0.6) is 0 Å². The van der Waals surface area contributed by atoms with Crippen molar-refractivity contribution in [2.24, 2.45) is 17.8 Å². The lowest BCUT2D eigenvalue weighted by molar-refractivity contribution is -0.166. The molecule has 6 atom stereocenters. The van der Waals surface area contributed by atoms with Gasteiger partial charge in [0.15, 0.2) is 6.29 Å². The molecule has 5 heterocycles. The van der Waals surface area contributed by atoms with Crippen molar-refractivity contribution in [3.8, 4) is 0 Å². The van der Waals surface area contributed by atoms with Crippen molar-refractivity contribution in [3.63, 3.8) is 0 Å². The zero-order chi connectivity index (χ0) is 23.9. The van der Waals surface area contributed by atoms with Gasteiger partial charge in [0.25, 0.3) is 5.91 Å². The van der Waals surface area contributed by atoms with E-state index in [1.165, 1.54) is 12.5 Å². The van der Waals surface area contributed by atoms with Crippen molar-refractivity contribution in [1.82, 2.24) is 30.1 Å². The van der Waals surface area contributed by atoms with E-state index in [9.17, 15) is 9.59 Å². The number of carbonyl (C=O) groups excluding carboxylic acids is 2. The van der Waals surface area contributed by atoms with Crippen LogP contribution in [0.4, 0.5) is 0 Å². The van der Waals surface area contributed by atoms with Gasteiger partial charge < -0.3 is 29.6 Å². The molecule has 2 amide bonds. The average Bonchev–Trinajstić information content (AvgIpc) is 3.60. The Balaban J connectivity index is 1.39. The van der Waals surface area contributed by atoms with Crippen molar-refractivity contribution in [2.75, 3.05) is 33.4 Å². The highest BCUT2D eigenvalue weighted by atomic mass is 16.7. The van der Waals surface area contributed by atoms with E-state index in [4.69, 9.17) is 9.47 Å². The molecule has 3 saturated heterocycles. The molecule has 2 bridgehead atoms. The monoisotopic (exact) mass is 480 g/mol. The Kier molecular flexibility index (Phi) is 6.03. The van der Waals surface area contributed by atoms with Crippen LogP contribution in [0.1, 0.15) is 41.4 Å². The molecule has 0 radical (unpaired) electrons. The van der Waals surface area contributed by atoms with E-state index in [1.807, 2.05) is 12.1 Å². The first-order valence-electron chi connectivity index (χ1n) is 12.5. The van der Waals surface area contributed by atoms with Crippen LogP contribution in [0.25, 0.3) is 0 Å². The topological polar surface area (TPSA) is 113 Å². The smallest absolute Gasteiger partial charge is 0.273 e. The molecule has 2 N–H and O–H groups in total. The third-order valence-corrected chi connectivity index (χ3v) is 8.20. The Morgan fingerprint density at radius 2 is 2.00 bits per heavy atom. The number of H-pyrrole nitrogens is 1. The minimum atomic E-state index is -0.817. The molecule has 6 rings (SSSR count). The fraction of sp³-hybridized carbons (Fsp3) is 0.600. The number of hydrogen-bond acceptors (Lipinski definition) is 7. The SMILES string of the molecule is CN1CCC(NC(=O)C(c2cccnc2)N(C(=O)c2cnc[nH]2)C2C3CO[C@H]4OCC2C4C3)CC1. The van der Waals surface area contributed by atoms with Gasteiger partial charge in [0.2, 0.25) is 5.91 Å². The number of amides is 2. The lowest BCUT2D eigenvalue weighted by Crippen LogP contribution is -2.55. The van der Waals surface area contributed by atoms with Gasteiger partial charge in [-0.05, 0) is 45.5 Å². The maximum absolute atomic E-state index is 14.1. The molecule has 0 spiro atoms. The maximum Gasteiger partial charge on any atom is 0.273 e. The minimum absolute atomic E-state index is 0.0762. The Bertz CT molecular complexity index is 1040. The first kappa shape index (κ1) is 22.6. The number of nitrogens with one attached hydrogen (secondary N) is 2. The second kappa shape index (κ2) is 9.33. The van der Waals surface area contributed by atoms with Crippen LogP contribution in [0, 0.1) is 17.8 Å². The number of likely N-dealkylation sites (tertiary alicyclic amines) is 1. The van der Waals surface area contributed by atoms with Gasteiger partial charge in [-0.15, -0.1) is 0 Å². The summed E-state index contributed by atoms with van der Waals surface area (Å²) in [5, 5.41) is 3.27. The maximum atomic E-state index is 14.1. The predicted molar refractivity (Wildman–Crippen MR) is 125 cm³/mol. The number of piperidine rings is 1. The molecule has 4 aliphatic rings. The molecular weight excluding hydrogens is 448 g/mol. The summed E-state index contributed by atoms with van der Waals surface area (Å²) in [6.45, 7) is 2.92. The number of nitrogens with zero attached hydrogens (tertiary/aromatic N) is 4. The quantitative estimate of drug-likeness (QED) is 0.639. The second-order valence-corrected chi connectivity index (χ2v) is 10.3. The van der Waals surface area contributed by atoms with Crippen LogP contribution in [0.3, 0.4) is 0 Å². The molecular formula is C25H32N6O4. The van der Waals surface area contributed by atoms with Gasteiger partial charge in [-0.3, -0.25) is 14.6 Å². The van der Waals surface area contributed by atoms with Gasteiger partial charge in [-0.25, -0.2) is 4.98 Å². The van der Waals surface area contributed by atoms with Crippen molar-refractivity contribution in [3.05, 3.63) is 48.3 Å². The Morgan fingerprint density at radius 1 is 1.17 bits per heavy atom. The summed E-state index contributed by atoms with van der Waals surface area (Å²) in [6, 6.07) is 2.77. The molecule has 10 heteroatoms. The van der Waals surface area contributed by atoms with E-state index in [0.717, 1.165) is 32.4 Å². The zero-order valence-electron chi connectivity index (χ0n) is 19.9. The van der Waals surface area contributed by atoms with Gasteiger partial charge >= 0.3 is 0 Å². The summed E-state index contributed by atoms with van der Waals surface area (Å²) in [4.78, 5) is 43.5. The number of ether oxygens (including phenoxy) is 2. The number of rotatable bonds is 6. The number of fused-ring (bicyclic) bond motifs is 1. The molecule has 10 nitrogen and oxygen atoms in total. The van der Waals surface area contributed by atoms with Gasteiger partial charge in [0.1, 0.15) is 11.7 Å². The van der Waals surface area contributed by atoms with Gasteiger partial charge in [0, 0.05) is 47.8 Å². The minimum Gasteiger partial charge on any atom is -0.352 e. The van der Waals surface area contributed by atoms with Crippen molar-refractivity contribution in [2.45, 2.75) is 43.7 Å². The van der Waals surface area contributed by atoms with Crippen LogP contribution < -0.4 is 5.32 Å². The molecule has 186 valence electrons. The lowest BCUT2D eigenvalue weighted by Gasteiger charge is -2.41. The van der Waals surface area contributed by atoms with E-state index >= 15 is 0 Å². The molecule has 5 unspecified atom stereocenters. The second-order valence-electron chi connectivity index (χ2n) is 10.3. The van der Waals surface area contributed by atoms with Gasteiger partial charge in [-0.1, -0.05) is 6.07 Å². The number of hydrogen-bond donors (Lipinski definition) is 2. The summed E-state index contributed by atoms with van der Waals surface area (Å²) >= 11 is 0. The molecule has 3 aliphatic heterocycles. The van der Waals surface area contributed by atoms with E-state index in [2.05, 4.69) is 32.2 Å². The summed E-state index contributed by atoms with van der Waals surface area (Å²) in [5.41, 5.74) is 1.06. The number of aromatic amines is 1. The predicted octanol–water partition coefficient (Wildman–Crippen LogP) is 1.21. The number of aromatic nitrogens is 3. The van der Waals surface area contributed by atoms with Crippen LogP contribution in [0.2, 0.25) is 0 Å². The van der Waals surface area contributed by atoms with E-state index in [0.29, 0.717) is 24.5 Å².